The molecule has 1 N–H and O–H groups in total. The van der Waals surface area contributed by atoms with Gasteiger partial charge in [0.1, 0.15) is 5.76 Å². The van der Waals surface area contributed by atoms with E-state index in [9.17, 15) is 0 Å². The van der Waals surface area contributed by atoms with Gasteiger partial charge in [0.2, 0.25) is 0 Å². The number of rotatable bonds is 0. The van der Waals surface area contributed by atoms with Crippen LogP contribution in [0.3, 0.4) is 0 Å². The fourth-order valence-electron chi connectivity index (χ4n) is 1.06. The Kier molecular flexibility index (Phi) is 1.40. The largest absolute Gasteiger partial charge is 0.464 e. The van der Waals surface area contributed by atoms with Crippen molar-refractivity contribution < 1.29 is 9.52 Å². The number of hydrogen-bond acceptors (Lipinski definition) is 2. The molecule has 0 amide bonds. The maximum atomic E-state index is 9.16. The normalized spacial score (nSPS) is 21.4. The van der Waals surface area contributed by atoms with Crippen molar-refractivity contribution in [3.63, 3.8) is 0 Å². The Hall–Kier alpha value is -1.28. The van der Waals surface area contributed by atoms with Crippen molar-refractivity contribution in [2.24, 2.45) is 0 Å². The molecular formula is C9H8O2. The first-order chi connectivity index (χ1) is 5.36. The summed E-state index contributed by atoms with van der Waals surface area (Å²) in [5, 5.41) is 9.16. The van der Waals surface area contributed by atoms with Gasteiger partial charge in [0.15, 0.2) is 0 Å². The summed E-state index contributed by atoms with van der Waals surface area (Å²) in [6.45, 7) is 0. The Morgan fingerprint density at radius 3 is 3.00 bits per heavy atom. The molecule has 2 rings (SSSR count). The maximum absolute atomic E-state index is 9.16. The van der Waals surface area contributed by atoms with Crippen molar-refractivity contribution in [2.75, 3.05) is 0 Å². The summed E-state index contributed by atoms with van der Waals surface area (Å²) >= 11 is 0. The summed E-state index contributed by atoms with van der Waals surface area (Å²) in [7, 11) is 0. The first kappa shape index (κ1) is 6.43. The Labute approximate surface area is 64.5 Å². The second-order valence-corrected chi connectivity index (χ2v) is 2.45. The molecule has 1 aliphatic rings. The third-order valence-electron chi connectivity index (χ3n) is 1.64. The molecule has 1 unspecified atom stereocenters. The molecule has 1 heterocycles. The number of fused-ring (bicyclic) bond motifs is 1. The molecule has 1 atom stereocenters. The van der Waals surface area contributed by atoms with E-state index in [0.29, 0.717) is 0 Å². The Morgan fingerprint density at radius 1 is 1.27 bits per heavy atom. The zero-order valence-electron chi connectivity index (χ0n) is 5.90. The van der Waals surface area contributed by atoms with Crippen molar-refractivity contribution >= 4 is 12.2 Å². The second-order valence-electron chi connectivity index (χ2n) is 2.45. The van der Waals surface area contributed by atoms with E-state index >= 15 is 0 Å². The molecule has 0 bridgehead atoms. The van der Waals surface area contributed by atoms with Crippen LogP contribution in [0.4, 0.5) is 0 Å². The van der Waals surface area contributed by atoms with Gasteiger partial charge in [0.25, 0.3) is 0 Å². The fourth-order valence-corrected chi connectivity index (χ4v) is 1.06. The molecule has 0 aromatic carbocycles. The van der Waals surface area contributed by atoms with Gasteiger partial charge >= 0.3 is 0 Å². The lowest BCUT2D eigenvalue weighted by Crippen LogP contribution is -1.93. The van der Waals surface area contributed by atoms with Crippen molar-refractivity contribution in [2.45, 2.75) is 6.10 Å². The minimum atomic E-state index is -0.488. The highest BCUT2D eigenvalue weighted by molar-refractivity contribution is 5.64. The van der Waals surface area contributed by atoms with Gasteiger partial charge in [0.05, 0.1) is 12.4 Å². The predicted octanol–water partition coefficient (Wildman–Crippen LogP) is 1.68. The van der Waals surface area contributed by atoms with E-state index in [2.05, 4.69) is 0 Å². The zero-order valence-corrected chi connectivity index (χ0v) is 5.90. The van der Waals surface area contributed by atoms with E-state index < -0.39 is 6.10 Å². The van der Waals surface area contributed by atoms with Crippen LogP contribution >= 0.6 is 0 Å². The summed E-state index contributed by atoms with van der Waals surface area (Å²) in [6.07, 6.45) is 8.18. The van der Waals surface area contributed by atoms with Crippen molar-refractivity contribution in [3.05, 3.63) is 35.8 Å². The van der Waals surface area contributed by atoms with E-state index in [0.717, 1.165) is 11.3 Å². The van der Waals surface area contributed by atoms with Crippen molar-refractivity contribution in [1.29, 1.82) is 0 Å². The monoisotopic (exact) mass is 148 g/mol. The van der Waals surface area contributed by atoms with Crippen LogP contribution in [0.2, 0.25) is 0 Å². The summed E-state index contributed by atoms with van der Waals surface area (Å²) in [6, 6.07) is 1.87. The van der Waals surface area contributed by atoms with Crippen LogP contribution in [-0.4, -0.2) is 11.2 Å². The lowest BCUT2D eigenvalue weighted by molar-refractivity contribution is 0.273. The molecule has 1 aromatic rings. The molecule has 2 heteroatoms. The smallest absolute Gasteiger partial charge is 0.133 e. The van der Waals surface area contributed by atoms with Gasteiger partial charge in [-0.15, -0.1) is 0 Å². The molecule has 0 saturated carbocycles. The van der Waals surface area contributed by atoms with E-state index in [1.165, 1.54) is 0 Å². The SMILES string of the molecule is OC1C=Cc2ccoc2C=C1. The Balaban J connectivity index is 2.48. The number of hydrogen-bond donors (Lipinski definition) is 1. The molecule has 1 aromatic heterocycles. The van der Waals surface area contributed by atoms with E-state index in [4.69, 9.17) is 9.52 Å². The van der Waals surface area contributed by atoms with Crippen molar-refractivity contribution in [3.8, 4) is 0 Å². The Bertz CT molecular complexity index is 279. The maximum Gasteiger partial charge on any atom is 0.133 e. The van der Waals surface area contributed by atoms with Gasteiger partial charge in [-0.2, -0.15) is 0 Å². The summed E-state index contributed by atoms with van der Waals surface area (Å²) in [4.78, 5) is 0. The minimum Gasteiger partial charge on any atom is -0.464 e. The van der Waals surface area contributed by atoms with Crippen molar-refractivity contribution in [1.82, 2.24) is 0 Å². The standard InChI is InChI=1S/C9H8O2/c10-8-2-1-7-5-6-11-9(7)4-3-8/h1-6,8,10H. The molecule has 2 nitrogen and oxygen atoms in total. The average Bonchev–Trinajstić information content (AvgIpc) is 2.38. The number of aliphatic hydroxyl groups excluding tert-OH is 1. The third kappa shape index (κ3) is 1.12. The lowest BCUT2D eigenvalue weighted by Gasteiger charge is -1.90. The molecule has 56 valence electrons. The molecule has 0 radical (unpaired) electrons. The highest BCUT2D eigenvalue weighted by Crippen LogP contribution is 2.17. The molecule has 0 spiro atoms. The van der Waals surface area contributed by atoms with E-state index in [-0.39, 0.29) is 0 Å². The molecular weight excluding hydrogens is 140 g/mol. The van der Waals surface area contributed by atoms with Gasteiger partial charge in [-0.25, -0.2) is 0 Å². The van der Waals surface area contributed by atoms with Gasteiger partial charge < -0.3 is 9.52 Å². The van der Waals surface area contributed by atoms with Crippen LogP contribution in [0.1, 0.15) is 11.3 Å². The zero-order chi connectivity index (χ0) is 7.68. The van der Waals surface area contributed by atoms with E-state index in [1.54, 1.807) is 24.5 Å². The molecule has 1 aliphatic carbocycles. The Morgan fingerprint density at radius 2 is 2.09 bits per heavy atom. The number of aliphatic hydroxyl groups is 1. The molecule has 0 fully saturated rings. The van der Waals surface area contributed by atoms with Gasteiger partial charge in [-0.3, -0.25) is 0 Å². The second kappa shape index (κ2) is 2.40. The van der Waals surface area contributed by atoms with Crippen LogP contribution in [0.5, 0.6) is 0 Å². The third-order valence-corrected chi connectivity index (χ3v) is 1.64. The summed E-state index contributed by atoms with van der Waals surface area (Å²) < 4.78 is 5.14. The van der Waals surface area contributed by atoms with Crippen LogP contribution < -0.4 is 0 Å². The van der Waals surface area contributed by atoms with Crippen LogP contribution in [0, 0.1) is 0 Å². The first-order valence-corrected chi connectivity index (χ1v) is 3.48. The van der Waals surface area contributed by atoms with Gasteiger partial charge in [0, 0.05) is 5.56 Å². The lowest BCUT2D eigenvalue weighted by atomic mass is 10.2. The van der Waals surface area contributed by atoms with Crippen LogP contribution in [0.15, 0.2) is 28.9 Å². The minimum absolute atomic E-state index is 0.488. The highest BCUT2D eigenvalue weighted by Gasteiger charge is 2.04. The van der Waals surface area contributed by atoms with Gasteiger partial charge in [-0.1, -0.05) is 12.2 Å². The average molecular weight is 148 g/mol. The summed E-state index contributed by atoms with van der Waals surface area (Å²) in [5.74, 6) is 0.804. The summed E-state index contributed by atoms with van der Waals surface area (Å²) in [5.41, 5.74) is 1.01. The number of furan rings is 1. The first-order valence-electron chi connectivity index (χ1n) is 3.48. The molecule has 0 saturated heterocycles. The molecule has 11 heavy (non-hydrogen) atoms. The molecule has 0 aliphatic heterocycles. The fraction of sp³-hybridized carbons (Fsp3) is 0.111. The highest BCUT2D eigenvalue weighted by atomic mass is 16.3. The van der Waals surface area contributed by atoms with E-state index in [1.807, 2.05) is 12.1 Å². The van der Waals surface area contributed by atoms with Crippen LogP contribution in [-0.2, 0) is 0 Å². The topological polar surface area (TPSA) is 33.4 Å². The quantitative estimate of drug-likeness (QED) is 0.607. The van der Waals surface area contributed by atoms with Gasteiger partial charge in [-0.05, 0) is 18.2 Å². The predicted molar refractivity (Wildman–Crippen MR) is 42.8 cm³/mol. The van der Waals surface area contributed by atoms with Crippen LogP contribution in [0.25, 0.3) is 12.2 Å².